The van der Waals surface area contributed by atoms with E-state index in [0.717, 1.165) is 18.4 Å². The molecule has 1 heterocycles. The second kappa shape index (κ2) is 5.54. The maximum Gasteiger partial charge on any atom is 0.244 e. The van der Waals surface area contributed by atoms with Gasteiger partial charge in [0.25, 0.3) is 0 Å². The Labute approximate surface area is 120 Å². The number of nitrogens with one attached hydrogen (secondary N) is 1. The van der Waals surface area contributed by atoms with Crippen LogP contribution >= 0.6 is 0 Å². The number of hydrogen-bond donors (Lipinski definition) is 2. The Balaban J connectivity index is 2.04. The molecule has 0 saturated carbocycles. The molecule has 4 heteroatoms. The summed E-state index contributed by atoms with van der Waals surface area (Å²) in [4.78, 5) is 12.5. The van der Waals surface area contributed by atoms with Crippen molar-refractivity contribution < 1.29 is 9.53 Å². The summed E-state index contributed by atoms with van der Waals surface area (Å²) in [6.07, 6.45) is 1.64. The van der Waals surface area contributed by atoms with E-state index in [2.05, 4.69) is 5.32 Å². The monoisotopic (exact) mass is 276 g/mol. The van der Waals surface area contributed by atoms with E-state index in [1.807, 2.05) is 44.2 Å². The Hall–Kier alpha value is -1.39. The Morgan fingerprint density at radius 2 is 2.05 bits per heavy atom. The highest BCUT2D eigenvalue weighted by molar-refractivity contribution is 5.87. The van der Waals surface area contributed by atoms with Gasteiger partial charge in [-0.25, -0.2) is 0 Å². The number of benzene rings is 1. The van der Waals surface area contributed by atoms with Crippen molar-refractivity contribution in [2.45, 2.75) is 50.8 Å². The normalized spacial score (nSPS) is 24.7. The van der Waals surface area contributed by atoms with Crippen molar-refractivity contribution >= 4 is 5.91 Å². The highest BCUT2D eigenvalue weighted by Crippen LogP contribution is 2.25. The van der Waals surface area contributed by atoms with Crippen LogP contribution < -0.4 is 11.1 Å². The summed E-state index contributed by atoms with van der Waals surface area (Å²) in [5, 5.41) is 3.07. The van der Waals surface area contributed by atoms with Gasteiger partial charge in [-0.05, 0) is 39.2 Å². The predicted octanol–water partition coefficient (Wildman–Crippen LogP) is 1.93. The van der Waals surface area contributed by atoms with Gasteiger partial charge in [0.2, 0.25) is 5.91 Å². The van der Waals surface area contributed by atoms with Crippen LogP contribution in [0.25, 0.3) is 0 Å². The molecule has 0 radical (unpaired) electrons. The average Bonchev–Trinajstić information content (AvgIpc) is 2.38. The van der Waals surface area contributed by atoms with Crippen LogP contribution in [0.5, 0.6) is 0 Å². The zero-order valence-corrected chi connectivity index (χ0v) is 12.5. The molecule has 0 aromatic heterocycles. The lowest BCUT2D eigenvalue weighted by atomic mass is 9.90. The zero-order valence-electron chi connectivity index (χ0n) is 12.5. The quantitative estimate of drug-likeness (QED) is 0.886. The van der Waals surface area contributed by atoms with Crippen molar-refractivity contribution in [1.29, 1.82) is 0 Å². The van der Waals surface area contributed by atoms with Crippen molar-refractivity contribution in [2.24, 2.45) is 5.73 Å². The van der Waals surface area contributed by atoms with Gasteiger partial charge in [-0.2, -0.15) is 0 Å². The SMILES string of the molecule is CC1(C)CC(NC(=O)C(C)(N)c2ccccc2)CCO1. The van der Waals surface area contributed by atoms with Gasteiger partial charge in [0, 0.05) is 12.6 Å². The molecule has 1 aliphatic heterocycles. The van der Waals surface area contributed by atoms with Crippen LogP contribution in [0.4, 0.5) is 0 Å². The Morgan fingerprint density at radius 3 is 2.65 bits per heavy atom. The van der Waals surface area contributed by atoms with Crippen LogP contribution in [-0.4, -0.2) is 24.2 Å². The van der Waals surface area contributed by atoms with Crippen molar-refractivity contribution in [2.75, 3.05) is 6.61 Å². The predicted molar refractivity (Wildman–Crippen MR) is 79.2 cm³/mol. The van der Waals surface area contributed by atoms with Gasteiger partial charge in [-0.1, -0.05) is 30.3 Å². The van der Waals surface area contributed by atoms with E-state index in [-0.39, 0.29) is 17.6 Å². The minimum Gasteiger partial charge on any atom is -0.375 e. The molecule has 2 unspecified atom stereocenters. The van der Waals surface area contributed by atoms with Crippen LogP contribution in [0.1, 0.15) is 39.2 Å². The molecule has 1 amide bonds. The van der Waals surface area contributed by atoms with Crippen molar-refractivity contribution in [1.82, 2.24) is 5.32 Å². The highest BCUT2D eigenvalue weighted by atomic mass is 16.5. The Bertz CT molecular complexity index is 469. The van der Waals surface area contributed by atoms with Crippen molar-refractivity contribution in [3.05, 3.63) is 35.9 Å². The first-order valence-corrected chi connectivity index (χ1v) is 7.11. The molecule has 2 atom stereocenters. The lowest BCUT2D eigenvalue weighted by molar-refractivity contribution is -0.129. The third kappa shape index (κ3) is 3.38. The summed E-state index contributed by atoms with van der Waals surface area (Å²) in [6, 6.07) is 9.59. The Morgan fingerprint density at radius 1 is 1.40 bits per heavy atom. The molecule has 1 fully saturated rings. The topological polar surface area (TPSA) is 64.4 Å². The molecule has 1 aliphatic rings. The number of ether oxygens (including phenoxy) is 1. The van der Waals surface area contributed by atoms with E-state index in [4.69, 9.17) is 10.5 Å². The van der Waals surface area contributed by atoms with Crippen LogP contribution in [0.3, 0.4) is 0 Å². The number of rotatable bonds is 3. The highest BCUT2D eigenvalue weighted by Gasteiger charge is 2.35. The summed E-state index contributed by atoms with van der Waals surface area (Å²) in [7, 11) is 0. The first kappa shape index (κ1) is 15.0. The molecule has 0 spiro atoms. The standard InChI is InChI=1S/C16H24N2O2/c1-15(2)11-13(9-10-20-15)18-14(19)16(3,17)12-7-5-4-6-8-12/h4-8,13H,9-11,17H2,1-3H3,(H,18,19). The number of hydrogen-bond acceptors (Lipinski definition) is 3. The number of carbonyl (C=O) groups excluding carboxylic acids is 1. The fourth-order valence-corrected chi connectivity index (χ4v) is 2.61. The van der Waals surface area contributed by atoms with E-state index >= 15 is 0 Å². The van der Waals surface area contributed by atoms with E-state index in [0.29, 0.717) is 6.61 Å². The van der Waals surface area contributed by atoms with E-state index in [1.165, 1.54) is 0 Å². The molecule has 3 N–H and O–H groups in total. The minimum atomic E-state index is -1.01. The van der Waals surface area contributed by atoms with Crippen molar-refractivity contribution in [3.8, 4) is 0 Å². The van der Waals surface area contributed by atoms with E-state index in [9.17, 15) is 4.79 Å². The number of nitrogens with two attached hydrogens (primary N) is 1. The number of carbonyl (C=O) groups is 1. The second-order valence-electron chi connectivity index (χ2n) is 6.34. The zero-order chi connectivity index (χ0) is 14.8. The molecular weight excluding hydrogens is 252 g/mol. The molecule has 110 valence electrons. The first-order valence-electron chi connectivity index (χ1n) is 7.11. The molecular formula is C16H24N2O2. The third-order valence-corrected chi connectivity index (χ3v) is 3.88. The summed E-state index contributed by atoms with van der Waals surface area (Å²) < 4.78 is 5.66. The first-order chi connectivity index (χ1) is 9.31. The molecule has 1 aromatic carbocycles. The molecule has 1 aromatic rings. The van der Waals surface area contributed by atoms with Gasteiger partial charge in [0.05, 0.1) is 5.60 Å². The molecule has 0 aliphatic carbocycles. The van der Waals surface area contributed by atoms with Gasteiger partial charge in [0.15, 0.2) is 0 Å². The summed E-state index contributed by atoms with van der Waals surface area (Å²) in [5.41, 5.74) is 5.85. The molecule has 2 rings (SSSR count). The summed E-state index contributed by atoms with van der Waals surface area (Å²) in [5.74, 6) is -0.133. The molecule has 20 heavy (non-hydrogen) atoms. The molecule has 1 saturated heterocycles. The minimum absolute atomic E-state index is 0.123. The average molecular weight is 276 g/mol. The third-order valence-electron chi connectivity index (χ3n) is 3.88. The van der Waals surface area contributed by atoms with Gasteiger partial charge >= 0.3 is 0 Å². The molecule has 4 nitrogen and oxygen atoms in total. The fourth-order valence-electron chi connectivity index (χ4n) is 2.61. The van der Waals surface area contributed by atoms with E-state index in [1.54, 1.807) is 6.92 Å². The van der Waals surface area contributed by atoms with Crippen LogP contribution in [0, 0.1) is 0 Å². The van der Waals surface area contributed by atoms with Crippen molar-refractivity contribution in [3.63, 3.8) is 0 Å². The van der Waals surface area contributed by atoms with Crippen LogP contribution in [0.2, 0.25) is 0 Å². The van der Waals surface area contributed by atoms with Crippen LogP contribution in [-0.2, 0) is 15.1 Å². The lowest BCUT2D eigenvalue weighted by Gasteiger charge is -2.37. The van der Waals surface area contributed by atoms with E-state index < -0.39 is 5.54 Å². The smallest absolute Gasteiger partial charge is 0.244 e. The summed E-state index contributed by atoms with van der Waals surface area (Å²) in [6.45, 7) is 6.51. The maximum absolute atomic E-state index is 12.5. The van der Waals surface area contributed by atoms with Gasteiger partial charge in [0.1, 0.15) is 5.54 Å². The molecule has 0 bridgehead atoms. The largest absolute Gasteiger partial charge is 0.375 e. The van der Waals surface area contributed by atoms with Crippen LogP contribution in [0.15, 0.2) is 30.3 Å². The lowest BCUT2D eigenvalue weighted by Crippen LogP contribution is -2.54. The van der Waals surface area contributed by atoms with Gasteiger partial charge in [-0.3, -0.25) is 4.79 Å². The maximum atomic E-state index is 12.5. The fraction of sp³-hybridized carbons (Fsp3) is 0.562. The Kier molecular flexibility index (Phi) is 4.16. The van der Waals surface area contributed by atoms with Gasteiger partial charge in [-0.15, -0.1) is 0 Å². The second-order valence-corrected chi connectivity index (χ2v) is 6.34. The number of amides is 1. The van der Waals surface area contributed by atoms with Gasteiger partial charge < -0.3 is 15.8 Å². The summed E-state index contributed by atoms with van der Waals surface area (Å²) >= 11 is 0.